The second-order valence-electron chi connectivity index (χ2n) is 4.92. The van der Waals surface area contributed by atoms with Crippen molar-refractivity contribution >= 4 is 45.1 Å². The number of rotatable bonds is 1. The minimum Gasteiger partial charge on any atom is -0.335 e. The van der Waals surface area contributed by atoms with Crippen molar-refractivity contribution < 1.29 is 14.4 Å². The lowest BCUT2D eigenvalue weighted by molar-refractivity contribution is -0.125. The lowest BCUT2D eigenvalue weighted by Gasteiger charge is -2.37. The first-order valence-corrected chi connectivity index (χ1v) is 7.85. The number of thiophene rings is 1. The number of halogens is 1. The number of amides is 4. The van der Waals surface area contributed by atoms with Gasteiger partial charge in [0.25, 0.3) is 11.8 Å². The average molecular weight is 358 g/mol. The molecule has 8 heteroatoms. The third-order valence-electron chi connectivity index (χ3n) is 3.61. The minimum atomic E-state index is -0.964. The van der Waals surface area contributed by atoms with E-state index in [0.717, 1.165) is 4.47 Å². The van der Waals surface area contributed by atoms with Gasteiger partial charge >= 0.3 is 6.03 Å². The van der Waals surface area contributed by atoms with Crippen LogP contribution in [0.25, 0.3) is 0 Å². The number of carbonyl (C=O) groups excluding carboxylic acids is 3. The molecule has 2 N–H and O–H groups in total. The fourth-order valence-corrected chi connectivity index (χ4v) is 4.14. The second kappa shape index (κ2) is 4.85. The highest BCUT2D eigenvalue weighted by Gasteiger charge is 2.49. The van der Waals surface area contributed by atoms with E-state index < -0.39 is 11.6 Å². The van der Waals surface area contributed by atoms with Crippen LogP contribution < -0.4 is 10.6 Å². The van der Waals surface area contributed by atoms with Gasteiger partial charge in [0, 0.05) is 11.0 Å². The molecule has 0 aromatic carbocycles. The standard InChI is InChI=1S/C12H12BrN3O3S/c13-7-2-5-20-8(7)9(17)16-4-1-3-12(6-16)10(18)14-11(19)15-12/h2,5H,1,3-4,6H2,(H2,14,15,18,19). The minimum absolute atomic E-state index is 0.111. The van der Waals surface area contributed by atoms with Crippen molar-refractivity contribution in [1.29, 1.82) is 0 Å². The van der Waals surface area contributed by atoms with E-state index in [-0.39, 0.29) is 18.4 Å². The van der Waals surface area contributed by atoms with E-state index in [1.54, 1.807) is 4.90 Å². The molecule has 2 fully saturated rings. The first-order chi connectivity index (χ1) is 9.52. The summed E-state index contributed by atoms with van der Waals surface area (Å²) in [5, 5.41) is 6.75. The summed E-state index contributed by atoms with van der Waals surface area (Å²) in [5.41, 5.74) is -0.964. The molecular formula is C12H12BrN3O3S. The number of imide groups is 1. The molecule has 20 heavy (non-hydrogen) atoms. The lowest BCUT2D eigenvalue weighted by Crippen LogP contribution is -2.59. The van der Waals surface area contributed by atoms with Crippen LogP contribution >= 0.6 is 27.3 Å². The topological polar surface area (TPSA) is 78.5 Å². The van der Waals surface area contributed by atoms with E-state index in [1.165, 1.54) is 11.3 Å². The van der Waals surface area contributed by atoms with Gasteiger partial charge in [-0.05, 0) is 40.2 Å². The van der Waals surface area contributed by atoms with Crippen molar-refractivity contribution in [3.63, 3.8) is 0 Å². The zero-order chi connectivity index (χ0) is 14.3. The normalized spacial score (nSPS) is 25.8. The highest BCUT2D eigenvalue weighted by molar-refractivity contribution is 9.10. The number of hydrogen-bond donors (Lipinski definition) is 2. The average Bonchev–Trinajstić information content (AvgIpc) is 2.94. The molecule has 1 atom stereocenters. The number of nitrogens with zero attached hydrogens (tertiary/aromatic N) is 1. The summed E-state index contributed by atoms with van der Waals surface area (Å²) in [7, 11) is 0. The van der Waals surface area contributed by atoms with Gasteiger partial charge in [-0.15, -0.1) is 11.3 Å². The molecule has 0 bridgehead atoms. The van der Waals surface area contributed by atoms with Crippen LogP contribution in [-0.4, -0.2) is 41.4 Å². The second-order valence-corrected chi connectivity index (χ2v) is 6.69. The Labute approximate surface area is 127 Å². The molecule has 3 heterocycles. The van der Waals surface area contributed by atoms with Crippen LogP contribution in [0.3, 0.4) is 0 Å². The van der Waals surface area contributed by atoms with E-state index in [9.17, 15) is 14.4 Å². The Kier molecular flexibility index (Phi) is 3.29. The molecule has 6 nitrogen and oxygen atoms in total. The number of piperidine rings is 1. The molecule has 2 saturated heterocycles. The number of carbonyl (C=O) groups is 3. The summed E-state index contributed by atoms with van der Waals surface area (Å²) in [4.78, 5) is 38.0. The Hall–Kier alpha value is -1.41. The number of hydrogen-bond acceptors (Lipinski definition) is 4. The molecule has 0 aliphatic carbocycles. The first kappa shape index (κ1) is 13.6. The molecule has 1 spiro atoms. The molecule has 1 unspecified atom stereocenters. The predicted molar refractivity (Wildman–Crippen MR) is 76.6 cm³/mol. The van der Waals surface area contributed by atoms with Crippen LogP contribution in [0.1, 0.15) is 22.5 Å². The number of urea groups is 1. The van der Waals surface area contributed by atoms with Crippen LogP contribution in [0.15, 0.2) is 15.9 Å². The Morgan fingerprint density at radius 1 is 1.45 bits per heavy atom. The van der Waals surface area contributed by atoms with Crippen molar-refractivity contribution in [1.82, 2.24) is 15.5 Å². The van der Waals surface area contributed by atoms with Crippen LogP contribution in [0.2, 0.25) is 0 Å². The zero-order valence-corrected chi connectivity index (χ0v) is 12.8. The van der Waals surface area contributed by atoms with Crippen molar-refractivity contribution in [2.45, 2.75) is 18.4 Å². The maximum atomic E-state index is 12.5. The van der Waals surface area contributed by atoms with Gasteiger partial charge in [-0.1, -0.05) is 0 Å². The van der Waals surface area contributed by atoms with Gasteiger partial charge in [0.15, 0.2) is 0 Å². The Morgan fingerprint density at radius 3 is 2.85 bits per heavy atom. The molecule has 106 valence electrons. The summed E-state index contributed by atoms with van der Waals surface area (Å²) < 4.78 is 0.757. The van der Waals surface area contributed by atoms with Gasteiger partial charge < -0.3 is 10.2 Å². The van der Waals surface area contributed by atoms with Gasteiger partial charge in [0.1, 0.15) is 10.4 Å². The van der Waals surface area contributed by atoms with Gasteiger partial charge in [0.05, 0.1) is 6.54 Å². The fourth-order valence-electron chi connectivity index (χ4n) is 2.63. The number of likely N-dealkylation sites (tertiary alicyclic amines) is 1. The van der Waals surface area contributed by atoms with Gasteiger partial charge in [-0.3, -0.25) is 14.9 Å². The number of nitrogens with one attached hydrogen (secondary N) is 2. The van der Waals surface area contributed by atoms with Crippen LogP contribution in [-0.2, 0) is 4.79 Å². The van der Waals surface area contributed by atoms with Crippen LogP contribution in [0.4, 0.5) is 4.79 Å². The summed E-state index contributed by atoms with van der Waals surface area (Å²) in [6, 6.07) is 1.34. The van der Waals surface area contributed by atoms with Crippen molar-refractivity contribution in [2.24, 2.45) is 0 Å². The Morgan fingerprint density at radius 2 is 2.25 bits per heavy atom. The van der Waals surface area contributed by atoms with Gasteiger partial charge in [-0.2, -0.15) is 0 Å². The largest absolute Gasteiger partial charge is 0.335 e. The molecular weight excluding hydrogens is 346 g/mol. The molecule has 0 radical (unpaired) electrons. The van der Waals surface area contributed by atoms with E-state index in [4.69, 9.17) is 0 Å². The molecule has 2 aliphatic rings. The lowest BCUT2D eigenvalue weighted by atomic mass is 9.89. The summed E-state index contributed by atoms with van der Waals surface area (Å²) in [6.45, 7) is 0.807. The highest BCUT2D eigenvalue weighted by atomic mass is 79.9. The summed E-state index contributed by atoms with van der Waals surface area (Å²) in [6.07, 6.45) is 1.24. The van der Waals surface area contributed by atoms with Crippen molar-refractivity contribution in [3.05, 3.63) is 20.8 Å². The molecule has 2 aliphatic heterocycles. The van der Waals surface area contributed by atoms with E-state index >= 15 is 0 Å². The van der Waals surface area contributed by atoms with E-state index in [2.05, 4.69) is 26.6 Å². The summed E-state index contributed by atoms with van der Waals surface area (Å²) in [5.74, 6) is -0.454. The van der Waals surface area contributed by atoms with E-state index in [1.807, 2.05) is 11.4 Å². The van der Waals surface area contributed by atoms with Crippen LogP contribution in [0.5, 0.6) is 0 Å². The fraction of sp³-hybridized carbons (Fsp3) is 0.417. The van der Waals surface area contributed by atoms with E-state index in [0.29, 0.717) is 24.3 Å². The van der Waals surface area contributed by atoms with Crippen LogP contribution in [0, 0.1) is 0 Å². The summed E-state index contributed by atoms with van der Waals surface area (Å²) >= 11 is 4.70. The Bertz CT molecular complexity index is 603. The smallest absolute Gasteiger partial charge is 0.322 e. The SMILES string of the molecule is O=C1NC(=O)C2(CCCN(C(=O)c3sccc3Br)C2)N1. The zero-order valence-electron chi connectivity index (χ0n) is 10.4. The quantitative estimate of drug-likeness (QED) is 0.744. The highest BCUT2D eigenvalue weighted by Crippen LogP contribution is 2.29. The molecule has 4 amide bonds. The molecule has 1 aromatic heterocycles. The maximum absolute atomic E-state index is 12.5. The molecule has 1 aromatic rings. The monoisotopic (exact) mass is 357 g/mol. The Balaban J connectivity index is 1.82. The van der Waals surface area contributed by atoms with Crippen molar-refractivity contribution in [2.75, 3.05) is 13.1 Å². The first-order valence-electron chi connectivity index (χ1n) is 6.18. The third kappa shape index (κ3) is 2.12. The van der Waals surface area contributed by atoms with Crippen molar-refractivity contribution in [3.8, 4) is 0 Å². The predicted octanol–water partition coefficient (Wildman–Crippen LogP) is 1.32. The third-order valence-corrected chi connectivity index (χ3v) is 5.43. The molecule has 0 saturated carbocycles. The maximum Gasteiger partial charge on any atom is 0.322 e. The molecule has 3 rings (SSSR count). The van der Waals surface area contributed by atoms with Gasteiger partial charge in [-0.25, -0.2) is 4.79 Å². The van der Waals surface area contributed by atoms with Gasteiger partial charge in [0.2, 0.25) is 0 Å².